The molecular weight excluding hydrogens is 745 g/mol. The van der Waals surface area contributed by atoms with Crippen LogP contribution in [0.3, 0.4) is 0 Å². The summed E-state index contributed by atoms with van der Waals surface area (Å²) in [5.41, 5.74) is 0.306. The zero-order chi connectivity index (χ0) is 34.3. The van der Waals surface area contributed by atoms with E-state index in [-0.39, 0.29) is 54.7 Å². The van der Waals surface area contributed by atoms with Crippen LogP contribution in [0, 0.1) is 5.92 Å². The fourth-order valence-electron chi connectivity index (χ4n) is 5.38. The Hall–Kier alpha value is -3.43. The largest absolute Gasteiger partial charge is 1.00 e. The zero-order valence-electron chi connectivity index (χ0n) is 28.2. The van der Waals surface area contributed by atoms with Crippen LogP contribution in [0.1, 0.15) is 40.2 Å². The second-order valence-corrected chi connectivity index (χ2v) is 14.3. The van der Waals surface area contributed by atoms with Gasteiger partial charge in [-0.2, -0.15) is 0 Å². The van der Waals surface area contributed by atoms with E-state index in [9.17, 15) is 24.3 Å². The number of carbonyl (C=O) groups is 4. The zero-order valence-corrected chi connectivity index (χ0v) is 31.2. The summed E-state index contributed by atoms with van der Waals surface area (Å²) in [5, 5.41) is 21.8. The molecule has 0 aliphatic carbocycles. The Bertz CT molecular complexity index is 1580. The second kappa shape index (κ2) is 17.3. The van der Waals surface area contributed by atoms with Crippen molar-refractivity contribution in [2.24, 2.45) is 13.0 Å². The quantitative estimate of drug-likeness (QED) is 0.138. The Morgan fingerprint density at radius 3 is 2.42 bits per heavy atom. The molecule has 0 bridgehead atoms. The predicted octanol–water partition coefficient (Wildman–Crippen LogP) is -0.907. The molecule has 4 amide bonds. The van der Waals surface area contributed by atoms with Crippen LogP contribution in [0.15, 0.2) is 67.0 Å². The van der Waals surface area contributed by atoms with Crippen molar-refractivity contribution in [3.05, 3.63) is 72.6 Å². The maximum absolute atomic E-state index is 13.7. The molecule has 0 radical (unpaired) electrons. The topological polar surface area (TPSA) is 141 Å². The van der Waals surface area contributed by atoms with Crippen LogP contribution in [-0.2, 0) is 32.6 Å². The van der Waals surface area contributed by atoms with E-state index in [1.54, 1.807) is 19.9 Å². The summed E-state index contributed by atoms with van der Waals surface area (Å²) in [5.74, 6) is -1.11. The molecule has 3 aromatic rings. The van der Waals surface area contributed by atoms with Crippen molar-refractivity contribution in [1.82, 2.24) is 20.9 Å². The summed E-state index contributed by atoms with van der Waals surface area (Å²) >= 11 is 1.43. The summed E-state index contributed by atoms with van der Waals surface area (Å²) in [4.78, 5) is 54.8. The van der Waals surface area contributed by atoms with Crippen LogP contribution in [0.2, 0.25) is 0 Å². The summed E-state index contributed by atoms with van der Waals surface area (Å²) in [6.07, 6.45) is 2.36. The smallest absolute Gasteiger partial charge is 0.258 e. The van der Waals surface area contributed by atoms with E-state index in [1.807, 2.05) is 93.3 Å². The Labute approximate surface area is 303 Å². The average Bonchev–Trinajstić information content (AvgIpc) is 3.51. The number of fused-ring (bicyclic) bond motifs is 1. The van der Waals surface area contributed by atoms with Crippen molar-refractivity contribution in [3.8, 4) is 5.75 Å². The van der Waals surface area contributed by atoms with E-state index >= 15 is 0 Å². The Balaban J connectivity index is 0.00000625. The maximum Gasteiger partial charge on any atom is 0.258 e. The van der Waals surface area contributed by atoms with E-state index in [0.717, 1.165) is 16.3 Å². The van der Waals surface area contributed by atoms with Gasteiger partial charge < -0.3 is 54.7 Å². The highest BCUT2D eigenvalue weighted by Crippen LogP contribution is 2.25. The first-order chi connectivity index (χ1) is 22.2. The van der Waals surface area contributed by atoms with E-state index in [2.05, 4.69) is 16.0 Å². The molecule has 1 aliphatic rings. The molecule has 4 N–H and O–H groups in total. The number of amides is 4. The minimum absolute atomic E-state index is 0. The molecule has 0 spiro atoms. The molecule has 1 aromatic heterocycles. The molecular formula is C35H46IN5O6S. The van der Waals surface area contributed by atoms with Crippen molar-refractivity contribution >= 4 is 46.2 Å². The van der Waals surface area contributed by atoms with E-state index in [1.165, 1.54) is 16.7 Å². The summed E-state index contributed by atoms with van der Waals surface area (Å²) in [6, 6.07) is 13.9. The van der Waals surface area contributed by atoms with Crippen molar-refractivity contribution < 1.29 is 57.6 Å². The molecule has 13 heteroatoms. The van der Waals surface area contributed by atoms with Gasteiger partial charge in [-0.15, -0.1) is 11.8 Å². The Morgan fingerprint density at radius 1 is 1.04 bits per heavy atom. The lowest BCUT2D eigenvalue weighted by atomic mass is 9.97. The number of pyridine rings is 1. The van der Waals surface area contributed by atoms with Crippen molar-refractivity contribution in [2.75, 3.05) is 18.2 Å². The molecule has 4 atom stereocenters. The molecule has 11 nitrogen and oxygen atoms in total. The first kappa shape index (κ1) is 39.0. The van der Waals surface area contributed by atoms with Gasteiger partial charge in [-0.25, -0.2) is 4.57 Å². The van der Waals surface area contributed by atoms with E-state index in [4.69, 9.17) is 4.74 Å². The van der Waals surface area contributed by atoms with E-state index in [0.29, 0.717) is 11.5 Å². The summed E-state index contributed by atoms with van der Waals surface area (Å²) in [6.45, 7) is 8.86. The van der Waals surface area contributed by atoms with Gasteiger partial charge in [-0.1, -0.05) is 50.2 Å². The Kier molecular flexibility index (Phi) is 14.1. The molecule has 1 fully saturated rings. The van der Waals surface area contributed by atoms with Crippen LogP contribution in [0.5, 0.6) is 5.75 Å². The van der Waals surface area contributed by atoms with Gasteiger partial charge in [0.15, 0.2) is 25.1 Å². The Morgan fingerprint density at radius 2 is 1.75 bits per heavy atom. The minimum Gasteiger partial charge on any atom is -1.00 e. The van der Waals surface area contributed by atoms with Gasteiger partial charge >= 0.3 is 0 Å². The number of ether oxygens (including phenoxy) is 1. The van der Waals surface area contributed by atoms with Crippen molar-refractivity contribution in [3.63, 3.8) is 0 Å². The first-order valence-electron chi connectivity index (χ1n) is 15.8. The number of aliphatic hydroxyl groups excluding tert-OH is 1. The monoisotopic (exact) mass is 791 g/mol. The first-order valence-corrected chi connectivity index (χ1v) is 16.9. The number of aryl methyl sites for hydroxylation is 1. The number of aliphatic hydroxyl groups is 1. The molecule has 0 saturated carbocycles. The summed E-state index contributed by atoms with van der Waals surface area (Å²) in [7, 11) is 1.92. The third-order valence-corrected chi connectivity index (χ3v) is 8.78. The van der Waals surface area contributed by atoms with Gasteiger partial charge in [-0.3, -0.25) is 19.2 Å². The summed E-state index contributed by atoms with van der Waals surface area (Å²) < 4.78 is 7.77. The standard InChI is InChI=1S/C35H45N5O6S.HI/c1-22(2)30(37-29(41)19-46-28-14-10-13-24-18-39(6)16-15-25(24)28)33(44)36-26(17-23-11-8-7-9-12-23)31(42)34(45)40-21-47-20-27(40)32(43)38-35(3,4)5;/h7-16,18,22,26-27,30-31,42H,17,19-21H2,1-6H3,(H2-,36,37,38,41,43,44);1H/t26-,27-,30-,31-;/m0./s1. The van der Waals surface area contributed by atoms with Crippen LogP contribution < -0.4 is 49.2 Å². The van der Waals surface area contributed by atoms with Crippen LogP contribution in [-0.4, -0.2) is 81.6 Å². The number of halogens is 1. The van der Waals surface area contributed by atoms with Crippen molar-refractivity contribution in [2.45, 2.75) is 70.8 Å². The second-order valence-electron chi connectivity index (χ2n) is 13.3. The fraction of sp³-hybridized carbons (Fsp3) is 0.457. The lowest BCUT2D eigenvalue weighted by molar-refractivity contribution is -0.670. The highest BCUT2D eigenvalue weighted by molar-refractivity contribution is 7.99. The third-order valence-electron chi connectivity index (χ3n) is 7.77. The molecule has 1 saturated heterocycles. The molecule has 48 heavy (non-hydrogen) atoms. The number of benzene rings is 2. The van der Waals surface area contributed by atoms with Gasteiger partial charge in [-0.05, 0) is 50.8 Å². The number of thioether (sulfide) groups is 1. The third kappa shape index (κ3) is 10.5. The highest BCUT2D eigenvalue weighted by atomic mass is 127. The molecule has 260 valence electrons. The van der Waals surface area contributed by atoms with Crippen LogP contribution >= 0.6 is 11.8 Å². The number of hydrogen-bond acceptors (Lipinski definition) is 7. The van der Waals surface area contributed by atoms with Crippen LogP contribution in [0.25, 0.3) is 10.8 Å². The van der Waals surface area contributed by atoms with Gasteiger partial charge in [0.1, 0.15) is 24.9 Å². The fourth-order valence-corrected chi connectivity index (χ4v) is 6.54. The number of rotatable bonds is 12. The number of aromatic nitrogens is 1. The van der Waals surface area contributed by atoms with Gasteiger partial charge in [0.05, 0.1) is 11.9 Å². The van der Waals surface area contributed by atoms with Crippen molar-refractivity contribution in [1.29, 1.82) is 0 Å². The van der Waals surface area contributed by atoms with Gasteiger partial charge in [0.2, 0.25) is 11.8 Å². The minimum atomic E-state index is -1.64. The highest BCUT2D eigenvalue weighted by Gasteiger charge is 2.41. The number of nitrogens with one attached hydrogen (secondary N) is 3. The maximum atomic E-state index is 13.7. The van der Waals surface area contributed by atoms with Gasteiger partial charge in [0.25, 0.3) is 11.8 Å². The number of carbonyl (C=O) groups excluding carboxylic acids is 4. The number of hydrogen-bond donors (Lipinski definition) is 4. The molecule has 1 aliphatic heterocycles. The molecule has 4 rings (SSSR count). The average molecular weight is 792 g/mol. The lowest BCUT2D eigenvalue weighted by Crippen LogP contribution is -3.00. The molecule has 2 aromatic carbocycles. The SMILES string of the molecule is CC(C)[C@H](NC(=O)COc1cccc2c[n+](C)ccc12)C(=O)N[C@@H](Cc1ccccc1)[C@H](O)C(=O)N1CSC[C@H]1C(=O)NC(C)(C)C.[I-]. The normalized spacial score (nSPS) is 16.4. The number of nitrogens with zero attached hydrogens (tertiary/aromatic N) is 2. The molecule has 0 unspecified atom stereocenters. The van der Waals surface area contributed by atoms with Gasteiger partial charge in [0, 0.05) is 28.1 Å². The lowest BCUT2D eigenvalue weighted by Gasteiger charge is -2.32. The molecule has 2 heterocycles. The van der Waals surface area contributed by atoms with E-state index < -0.39 is 47.5 Å². The van der Waals surface area contributed by atoms with Crippen LogP contribution in [0.4, 0.5) is 0 Å². The predicted molar refractivity (Wildman–Crippen MR) is 181 cm³/mol.